The standard InChI is InChI=1S/C12H16N4/c1-8-4-5-9-10(14-8)16-11(15-9)12(13)6-2-3-7-12/h4-5H,2-3,6-7,13H2,1H3,(H,14,15,16). The van der Waals surface area contributed by atoms with Crippen LogP contribution in [0.15, 0.2) is 12.1 Å². The topological polar surface area (TPSA) is 67.6 Å². The zero-order chi connectivity index (χ0) is 11.2. The summed E-state index contributed by atoms with van der Waals surface area (Å²) in [6.45, 7) is 1.97. The van der Waals surface area contributed by atoms with Crippen LogP contribution in [0.25, 0.3) is 11.2 Å². The second-order valence-corrected chi connectivity index (χ2v) is 4.77. The monoisotopic (exact) mass is 216 g/mol. The van der Waals surface area contributed by atoms with Crippen molar-refractivity contribution in [3.63, 3.8) is 0 Å². The van der Waals surface area contributed by atoms with Gasteiger partial charge in [0.15, 0.2) is 5.65 Å². The quantitative estimate of drug-likeness (QED) is 0.766. The fourth-order valence-corrected chi connectivity index (χ4v) is 2.47. The molecular formula is C12H16N4. The Balaban J connectivity index is 2.11. The SMILES string of the molecule is Cc1ccc2[nH]c(C3(N)CCCC3)nc2n1. The van der Waals surface area contributed by atoms with E-state index in [1.165, 1.54) is 12.8 Å². The molecule has 3 rings (SSSR count). The number of aromatic nitrogens is 3. The number of aromatic amines is 1. The lowest BCUT2D eigenvalue weighted by Crippen LogP contribution is -2.34. The molecule has 1 aliphatic carbocycles. The number of nitrogens with two attached hydrogens (primary N) is 1. The van der Waals surface area contributed by atoms with E-state index in [0.29, 0.717) is 0 Å². The lowest BCUT2D eigenvalue weighted by atomic mass is 9.99. The zero-order valence-corrected chi connectivity index (χ0v) is 9.45. The number of aryl methyl sites for hydroxylation is 1. The number of hydrogen-bond acceptors (Lipinski definition) is 3. The summed E-state index contributed by atoms with van der Waals surface area (Å²) < 4.78 is 0. The first-order valence-corrected chi connectivity index (χ1v) is 5.80. The average molecular weight is 216 g/mol. The van der Waals surface area contributed by atoms with Crippen molar-refractivity contribution in [2.75, 3.05) is 0 Å². The molecule has 0 bridgehead atoms. The molecule has 2 aromatic heterocycles. The number of pyridine rings is 1. The highest BCUT2D eigenvalue weighted by Gasteiger charge is 2.34. The number of imidazole rings is 1. The minimum atomic E-state index is -0.255. The summed E-state index contributed by atoms with van der Waals surface area (Å²) in [4.78, 5) is 12.2. The fraction of sp³-hybridized carbons (Fsp3) is 0.500. The highest BCUT2D eigenvalue weighted by Crippen LogP contribution is 2.35. The molecule has 0 unspecified atom stereocenters. The summed E-state index contributed by atoms with van der Waals surface area (Å²) in [5.74, 6) is 0.901. The molecule has 4 heteroatoms. The Labute approximate surface area is 94.3 Å². The van der Waals surface area contributed by atoms with E-state index in [4.69, 9.17) is 5.73 Å². The third-order valence-corrected chi connectivity index (χ3v) is 3.45. The Morgan fingerprint density at radius 2 is 2.00 bits per heavy atom. The fourth-order valence-electron chi connectivity index (χ4n) is 2.47. The van der Waals surface area contributed by atoms with Gasteiger partial charge in [0.1, 0.15) is 5.82 Å². The number of fused-ring (bicyclic) bond motifs is 1. The van der Waals surface area contributed by atoms with Gasteiger partial charge in [-0.3, -0.25) is 0 Å². The van der Waals surface area contributed by atoms with Crippen molar-refractivity contribution in [1.29, 1.82) is 0 Å². The Morgan fingerprint density at radius 3 is 2.75 bits per heavy atom. The second kappa shape index (κ2) is 3.28. The number of H-pyrrole nitrogens is 1. The van der Waals surface area contributed by atoms with E-state index in [1.54, 1.807) is 0 Å². The lowest BCUT2D eigenvalue weighted by molar-refractivity contribution is 0.437. The summed E-state index contributed by atoms with van der Waals surface area (Å²) in [7, 11) is 0. The molecule has 4 nitrogen and oxygen atoms in total. The van der Waals surface area contributed by atoms with Crippen LogP contribution in [0, 0.1) is 6.92 Å². The van der Waals surface area contributed by atoms with Crippen LogP contribution >= 0.6 is 0 Å². The molecule has 0 aliphatic heterocycles. The summed E-state index contributed by atoms with van der Waals surface area (Å²) in [6.07, 6.45) is 4.43. The van der Waals surface area contributed by atoms with Gasteiger partial charge in [-0.2, -0.15) is 0 Å². The zero-order valence-electron chi connectivity index (χ0n) is 9.45. The molecule has 1 aliphatic rings. The first-order chi connectivity index (χ1) is 7.67. The Bertz CT molecular complexity index is 523. The molecule has 2 heterocycles. The molecule has 0 amide bonds. The van der Waals surface area contributed by atoms with Crippen LogP contribution in [0.2, 0.25) is 0 Å². The summed E-state index contributed by atoms with van der Waals surface area (Å²) in [5.41, 5.74) is 8.86. The molecule has 84 valence electrons. The van der Waals surface area contributed by atoms with Crippen molar-refractivity contribution >= 4 is 11.2 Å². The van der Waals surface area contributed by atoms with Gasteiger partial charge >= 0.3 is 0 Å². The molecule has 1 fully saturated rings. The molecule has 0 saturated heterocycles. The predicted octanol–water partition coefficient (Wildman–Crippen LogP) is 1.99. The Kier molecular flexibility index (Phi) is 2.01. The molecule has 3 N–H and O–H groups in total. The third kappa shape index (κ3) is 1.41. The van der Waals surface area contributed by atoms with Gasteiger partial charge in [-0.25, -0.2) is 9.97 Å². The molecule has 0 radical (unpaired) electrons. The van der Waals surface area contributed by atoms with Crippen molar-refractivity contribution in [2.45, 2.75) is 38.1 Å². The maximum atomic E-state index is 6.36. The van der Waals surface area contributed by atoms with Crippen LogP contribution < -0.4 is 5.73 Å². The molecule has 1 saturated carbocycles. The minimum absolute atomic E-state index is 0.255. The van der Waals surface area contributed by atoms with Crippen LogP contribution in [-0.4, -0.2) is 15.0 Å². The largest absolute Gasteiger partial charge is 0.339 e. The number of hydrogen-bond donors (Lipinski definition) is 2. The van der Waals surface area contributed by atoms with Crippen LogP contribution in [0.5, 0.6) is 0 Å². The molecular weight excluding hydrogens is 200 g/mol. The molecule has 0 atom stereocenters. The van der Waals surface area contributed by atoms with Gasteiger partial charge in [-0.05, 0) is 31.9 Å². The van der Waals surface area contributed by atoms with Gasteiger partial charge in [0.2, 0.25) is 0 Å². The number of nitrogens with one attached hydrogen (secondary N) is 1. The summed E-state index contributed by atoms with van der Waals surface area (Å²) in [5, 5.41) is 0. The lowest BCUT2D eigenvalue weighted by Gasteiger charge is -2.19. The second-order valence-electron chi connectivity index (χ2n) is 4.77. The van der Waals surface area contributed by atoms with E-state index >= 15 is 0 Å². The van der Waals surface area contributed by atoms with E-state index in [1.807, 2.05) is 19.1 Å². The highest BCUT2D eigenvalue weighted by atomic mass is 15.0. The van der Waals surface area contributed by atoms with Gasteiger partial charge < -0.3 is 10.7 Å². The number of nitrogens with zero attached hydrogens (tertiary/aromatic N) is 2. The van der Waals surface area contributed by atoms with Gasteiger partial charge in [-0.15, -0.1) is 0 Å². The van der Waals surface area contributed by atoms with Crippen molar-refractivity contribution in [3.05, 3.63) is 23.7 Å². The van der Waals surface area contributed by atoms with Crippen molar-refractivity contribution in [2.24, 2.45) is 5.73 Å². The van der Waals surface area contributed by atoms with Crippen LogP contribution in [-0.2, 0) is 5.54 Å². The smallest absolute Gasteiger partial charge is 0.178 e. The van der Waals surface area contributed by atoms with E-state index in [9.17, 15) is 0 Å². The van der Waals surface area contributed by atoms with Crippen molar-refractivity contribution < 1.29 is 0 Å². The van der Waals surface area contributed by atoms with Gasteiger partial charge in [0, 0.05) is 5.69 Å². The maximum Gasteiger partial charge on any atom is 0.178 e. The van der Waals surface area contributed by atoms with Crippen LogP contribution in [0.1, 0.15) is 37.2 Å². The van der Waals surface area contributed by atoms with Crippen molar-refractivity contribution in [3.8, 4) is 0 Å². The van der Waals surface area contributed by atoms with Crippen LogP contribution in [0.3, 0.4) is 0 Å². The van der Waals surface area contributed by atoms with E-state index in [0.717, 1.165) is 35.5 Å². The molecule has 16 heavy (non-hydrogen) atoms. The Hall–Kier alpha value is -1.42. The highest BCUT2D eigenvalue weighted by molar-refractivity contribution is 5.70. The third-order valence-electron chi connectivity index (χ3n) is 3.45. The van der Waals surface area contributed by atoms with Gasteiger partial charge in [0.05, 0.1) is 11.1 Å². The average Bonchev–Trinajstić information content (AvgIpc) is 2.84. The van der Waals surface area contributed by atoms with E-state index in [2.05, 4.69) is 15.0 Å². The summed E-state index contributed by atoms with van der Waals surface area (Å²) in [6, 6.07) is 4.01. The van der Waals surface area contributed by atoms with E-state index in [-0.39, 0.29) is 5.54 Å². The van der Waals surface area contributed by atoms with Gasteiger partial charge in [0.25, 0.3) is 0 Å². The summed E-state index contributed by atoms with van der Waals surface area (Å²) >= 11 is 0. The Morgan fingerprint density at radius 1 is 1.25 bits per heavy atom. The first kappa shape index (κ1) is 9.78. The minimum Gasteiger partial charge on any atom is -0.339 e. The van der Waals surface area contributed by atoms with Crippen molar-refractivity contribution in [1.82, 2.24) is 15.0 Å². The number of rotatable bonds is 1. The predicted molar refractivity (Wildman–Crippen MR) is 63.0 cm³/mol. The maximum absolute atomic E-state index is 6.36. The van der Waals surface area contributed by atoms with E-state index < -0.39 is 0 Å². The van der Waals surface area contributed by atoms with Crippen LogP contribution in [0.4, 0.5) is 0 Å². The molecule has 0 aromatic carbocycles. The first-order valence-electron chi connectivity index (χ1n) is 5.80. The molecule has 2 aromatic rings. The molecule has 0 spiro atoms. The normalized spacial score (nSPS) is 19.4. The van der Waals surface area contributed by atoms with Gasteiger partial charge in [-0.1, -0.05) is 12.8 Å².